The molecule has 1 N–H and O–H groups in total. The second-order valence-corrected chi connectivity index (χ2v) is 9.11. The Kier molecular flexibility index (Phi) is 5.37. The van der Waals surface area contributed by atoms with Crippen LogP contribution in [-0.4, -0.2) is 46.2 Å². The molecule has 0 spiro atoms. The van der Waals surface area contributed by atoms with Crippen LogP contribution in [-0.2, 0) is 6.42 Å². The van der Waals surface area contributed by atoms with Crippen LogP contribution < -0.4 is 4.74 Å². The van der Waals surface area contributed by atoms with Gasteiger partial charge in [0.2, 0.25) is 5.88 Å². The summed E-state index contributed by atoms with van der Waals surface area (Å²) in [5.41, 5.74) is 1.32. The fourth-order valence-corrected chi connectivity index (χ4v) is 5.77. The monoisotopic (exact) mass is 387 g/mol. The van der Waals surface area contributed by atoms with Crippen LogP contribution in [0.3, 0.4) is 0 Å². The van der Waals surface area contributed by atoms with Crippen molar-refractivity contribution in [3.8, 4) is 5.88 Å². The first-order valence-electron chi connectivity index (χ1n) is 10.00. The van der Waals surface area contributed by atoms with Crippen LogP contribution in [0.4, 0.5) is 0 Å². The molecule has 27 heavy (non-hydrogen) atoms. The highest BCUT2D eigenvalue weighted by molar-refractivity contribution is 7.19. The second-order valence-electron chi connectivity index (χ2n) is 8.03. The van der Waals surface area contributed by atoms with Crippen molar-refractivity contribution < 1.29 is 9.84 Å². The molecule has 0 bridgehead atoms. The van der Waals surface area contributed by atoms with Gasteiger partial charge in [-0.2, -0.15) is 0 Å². The molecule has 0 aromatic carbocycles. The molecule has 1 atom stereocenters. The Balaban J connectivity index is 1.59. The number of hydrogen-bond acceptors (Lipinski definition) is 6. The number of allylic oxidation sites excluding steroid dienone is 2. The third kappa shape index (κ3) is 3.69. The highest BCUT2D eigenvalue weighted by atomic mass is 32.1. The van der Waals surface area contributed by atoms with E-state index in [1.807, 2.05) is 6.92 Å². The van der Waals surface area contributed by atoms with Crippen molar-refractivity contribution in [2.45, 2.75) is 69.9 Å². The van der Waals surface area contributed by atoms with E-state index < -0.39 is 0 Å². The average molecular weight is 388 g/mol. The van der Waals surface area contributed by atoms with E-state index in [1.54, 1.807) is 23.7 Å². The van der Waals surface area contributed by atoms with Gasteiger partial charge in [0, 0.05) is 17.3 Å². The number of ether oxygens (including phenoxy) is 1. The molecule has 4 rings (SSSR count). The van der Waals surface area contributed by atoms with Gasteiger partial charge in [0.25, 0.3) is 0 Å². The van der Waals surface area contributed by atoms with Crippen molar-refractivity contribution in [1.82, 2.24) is 14.9 Å². The minimum Gasteiger partial charge on any atom is -0.513 e. The predicted octanol–water partition coefficient (Wildman–Crippen LogP) is 4.82. The van der Waals surface area contributed by atoms with E-state index in [1.165, 1.54) is 23.3 Å². The summed E-state index contributed by atoms with van der Waals surface area (Å²) < 4.78 is 6.42. The van der Waals surface area contributed by atoms with Gasteiger partial charge in [-0.3, -0.25) is 0 Å². The Bertz CT molecular complexity index is 837. The predicted molar refractivity (Wildman–Crippen MR) is 110 cm³/mol. The van der Waals surface area contributed by atoms with Gasteiger partial charge in [0.05, 0.1) is 11.1 Å². The lowest BCUT2D eigenvalue weighted by Gasteiger charge is -2.32. The maximum Gasteiger partial charge on any atom is 0.225 e. The molecule has 1 saturated carbocycles. The van der Waals surface area contributed by atoms with Crippen LogP contribution in [0.2, 0.25) is 0 Å². The number of aryl methyl sites for hydroxylation is 1. The summed E-state index contributed by atoms with van der Waals surface area (Å²) in [6.07, 6.45) is 11.0. The first-order valence-corrected chi connectivity index (χ1v) is 10.8. The molecule has 0 saturated heterocycles. The van der Waals surface area contributed by atoms with Crippen molar-refractivity contribution in [3.63, 3.8) is 0 Å². The molecule has 0 amide bonds. The Morgan fingerprint density at radius 1 is 1.26 bits per heavy atom. The molecule has 2 aliphatic carbocycles. The quantitative estimate of drug-likeness (QED) is 0.745. The number of aromatic nitrogens is 2. The molecule has 2 aromatic rings. The lowest BCUT2D eigenvalue weighted by Crippen LogP contribution is -2.35. The molecule has 0 unspecified atom stereocenters. The Morgan fingerprint density at radius 2 is 2.04 bits per heavy atom. The normalized spacial score (nSPS) is 25.9. The lowest BCUT2D eigenvalue weighted by atomic mass is 9.92. The fraction of sp³-hybridized carbons (Fsp3) is 0.619. The van der Waals surface area contributed by atoms with Gasteiger partial charge in [-0.15, -0.1) is 11.3 Å². The minimum atomic E-state index is 0.235. The molecule has 5 nitrogen and oxygen atoms in total. The zero-order valence-corrected chi connectivity index (χ0v) is 17.3. The van der Waals surface area contributed by atoms with Crippen molar-refractivity contribution >= 4 is 21.6 Å². The first kappa shape index (κ1) is 18.7. The third-order valence-corrected chi connectivity index (χ3v) is 7.31. The zero-order valence-electron chi connectivity index (χ0n) is 16.4. The highest BCUT2D eigenvalue weighted by Gasteiger charge is 2.32. The maximum absolute atomic E-state index is 10.1. The van der Waals surface area contributed by atoms with Crippen LogP contribution in [0.1, 0.15) is 61.8 Å². The summed E-state index contributed by atoms with van der Waals surface area (Å²) in [5.74, 6) is 1.55. The standard InChI is InChI=1S/C21H29N3O2S/c1-4-15(25)11-13-5-10-17-18(13)19-20(22-12-23-21(19)27-17)26-16-8-6-14(7-9-16)24(2)3/h4,12-14,16,25H,5-11H2,1-3H3/b15-4-/t13-,14?,16?/m1/s1. The number of thiophene rings is 1. The van der Waals surface area contributed by atoms with Gasteiger partial charge >= 0.3 is 0 Å². The van der Waals surface area contributed by atoms with Gasteiger partial charge in [-0.05, 0) is 77.1 Å². The number of rotatable bonds is 5. The van der Waals surface area contributed by atoms with Crippen molar-refractivity contribution in [2.75, 3.05) is 14.1 Å². The molecule has 0 radical (unpaired) electrons. The van der Waals surface area contributed by atoms with Crippen LogP contribution in [0.5, 0.6) is 5.88 Å². The van der Waals surface area contributed by atoms with E-state index >= 15 is 0 Å². The van der Waals surface area contributed by atoms with Crippen molar-refractivity contribution in [3.05, 3.63) is 28.6 Å². The fourth-order valence-electron chi connectivity index (χ4n) is 4.54. The molecular weight excluding hydrogens is 358 g/mol. The average Bonchev–Trinajstić information content (AvgIpc) is 3.22. The second kappa shape index (κ2) is 7.76. The van der Waals surface area contributed by atoms with E-state index in [4.69, 9.17) is 4.74 Å². The van der Waals surface area contributed by atoms with Crippen LogP contribution in [0.25, 0.3) is 10.2 Å². The van der Waals surface area contributed by atoms with Gasteiger partial charge in [-0.1, -0.05) is 0 Å². The molecule has 146 valence electrons. The summed E-state index contributed by atoms with van der Waals surface area (Å²) in [4.78, 5) is 13.8. The number of fused-ring (bicyclic) bond motifs is 3. The number of nitrogens with zero attached hydrogens (tertiary/aromatic N) is 3. The minimum absolute atomic E-state index is 0.235. The molecule has 1 fully saturated rings. The van der Waals surface area contributed by atoms with Crippen molar-refractivity contribution in [2.24, 2.45) is 0 Å². The summed E-state index contributed by atoms with van der Waals surface area (Å²) >= 11 is 1.77. The van der Waals surface area contributed by atoms with E-state index in [0.29, 0.717) is 24.1 Å². The zero-order chi connectivity index (χ0) is 19.0. The lowest BCUT2D eigenvalue weighted by molar-refractivity contribution is 0.108. The molecule has 2 aromatic heterocycles. The number of aliphatic hydroxyl groups is 1. The van der Waals surface area contributed by atoms with E-state index in [2.05, 4.69) is 29.0 Å². The SMILES string of the molecule is C/C=C(\O)C[C@H]1CCc2sc3ncnc(OC4CCC(N(C)C)CC4)c3c21. The van der Waals surface area contributed by atoms with Crippen LogP contribution in [0, 0.1) is 0 Å². The molecule has 2 heterocycles. The summed E-state index contributed by atoms with van der Waals surface area (Å²) in [6.45, 7) is 1.89. The van der Waals surface area contributed by atoms with Gasteiger partial charge in [0.1, 0.15) is 17.3 Å². The van der Waals surface area contributed by atoms with Crippen LogP contribution >= 0.6 is 11.3 Å². The van der Waals surface area contributed by atoms with E-state index in [9.17, 15) is 5.11 Å². The Hall–Kier alpha value is -1.66. The van der Waals surface area contributed by atoms with E-state index in [-0.39, 0.29) is 6.10 Å². The number of hydrogen-bond donors (Lipinski definition) is 1. The molecule has 6 heteroatoms. The van der Waals surface area contributed by atoms with Gasteiger partial charge in [0.15, 0.2) is 0 Å². The van der Waals surface area contributed by atoms with Crippen LogP contribution in [0.15, 0.2) is 18.2 Å². The summed E-state index contributed by atoms with van der Waals surface area (Å²) in [5, 5.41) is 11.1. The Labute approximate surface area is 165 Å². The molecular formula is C21H29N3O2S. The van der Waals surface area contributed by atoms with Crippen molar-refractivity contribution in [1.29, 1.82) is 0 Å². The third-order valence-electron chi connectivity index (χ3n) is 6.14. The molecule has 2 aliphatic rings. The first-order chi connectivity index (χ1) is 13.1. The highest BCUT2D eigenvalue weighted by Crippen LogP contribution is 2.48. The largest absolute Gasteiger partial charge is 0.513 e. The summed E-state index contributed by atoms with van der Waals surface area (Å²) in [6, 6.07) is 0.661. The Morgan fingerprint density at radius 3 is 2.74 bits per heavy atom. The smallest absolute Gasteiger partial charge is 0.225 e. The van der Waals surface area contributed by atoms with Gasteiger partial charge in [-0.25, -0.2) is 9.97 Å². The van der Waals surface area contributed by atoms with E-state index in [0.717, 1.165) is 41.8 Å². The van der Waals surface area contributed by atoms with Gasteiger partial charge < -0.3 is 14.7 Å². The summed E-state index contributed by atoms with van der Waals surface area (Å²) in [7, 11) is 4.32. The maximum atomic E-state index is 10.1. The number of aliphatic hydroxyl groups excluding tert-OH is 1. The molecule has 0 aliphatic heterocycles. The topological polar surface area (TPSA) is 58.5 Å².